The number of aromatic nitrogens is 4. The molecule has 13 nitrogen and oxygen atoms in total. The predicted octanol–water partition coefficient (Wildman–Crippen LogP) is 2.53. The Morgan fingerprint density at radius 3 is 2.59 bits per heavy atom. The summed E-state index contributed by atoms with van der Waals surface area (Å²) in [6.07, 6.45) is 6.38. The zero-order valence-electron chi connectivity index (χ0n) is 19.1. The van der Waals surface area contributed by atoms with E-state index in [2.05, 4.69) is 22.2 Å². The molecule has 5 N–H and O–H groups in total. The van der Waals surface area contributed by atoms with Crippen molar-refractivity contribution in [3.8, 4) is 0 Å². The smallest absolute Gasteiger partial charge is 0.371 e. The van der Waals surface area contributed by atoms with Crippen molar-refractivity contribution in [1.82, 2.24) is 19.5 Å². The lowest BCUT2D eigenvalue weighted by atomic mass is 10.0. The summed E-state index contributed by atoms with van der Waals surface area (Å²) in [5.41, 5.74) is 0.269. The molecule has 0 amide bonds. The minimum Gasteiger partial charge on any atom is -0.371 e. The molecule has 0 spiro atoms. The first-order valence-corrected chi connectivity index (χ1v) is 14.4. The molecule has 2 aliphatic rings. The molecule has 15 heteroatoms. The largest absolute Gasteiger partial charge is 0.469 e. The van der Waals surface area contributed by atoms with Crippen molar-refractivity contribution in [2.24, 2.45) is 11.3 Å². The maximum Gasteiger partial charge on any atom is 0.469 e. The van der Waals surface area contributed by atoms with Gasteiger partial charge in [-0.25, -0.2) is 24.1 Å². The molecule has 2 aromatic rings. The van der Waals surface area contributed by atoms with Gasteiger partial charge in [0.15, 0.2) is 11.5 Å². The van der Waals surface area contributed by atoms with Crippen LogP contribution in [0, 0.1) is 11.3 Å². The van der Waals surface area contributed by atoms with Gasteiger partial charge in [0.1, 0.15) is 11.3 Å². The number of fused-ring (bicyclic) bond motifs is 2. The number of phosphoric acid groups is 2. The number of phosphoric ester groups is 2. The first kappa shape index (κ1) is 25.7. The van der Waals surface area contributed by atoms with Gasteiger partial charge in [0.05, 0.1) is 19.0 Å². The Hall–Kier alpha value is -1.43. The molecule has 0 unspecified atom stereocenters. The number of nitrogens with zero attached hydrogens (tertiary/aromatic N) is 4. The number of unbranched alkanes of at least 4 members (excludes halogenated alkanes) is 3. The first-order valence-electron chi connectivity index (χ1n) is 11.3. The second kappa shape index (κ2) is 9.55. The van der Waals surface area contributed by atoms with E-state index in [1.807, 2.05) is 4.57 Å². The Balaban J connectivity index is 1.64. The summed E-state index contributed by atoms with van der Waals surface area (Å²) in [7, 11) is -7.84. The molecule has 0 saturated heterocycles. The minimum atomic E-state index is -4.83. The molecular weight excluding hydrogens is 488 g/mol. The van der Waals surface area contributed by atoms with E-state index in [1.165, 1.54) is 0 Å². The van der Waals surface area contributed by atoms with Gasteiger partial charge in [-0.1, -0.05) is 26.2 Å². The highest BCUT2D eigenvalue weighted by molar-refractivity contribution is 7.46. The normalized spacial score (nSPS) is 26.7. The van der Waals surface area contributed by atoms with Crippen LogP contribution in [-0.2, 0) is 24.6 Å². The molecule has 34 heavy (non-hydrogen) atoms. The average Bonchev–Trinajstić information content (AvgIpc) is 3.22. The third-order valence-corrected chi connectivity index (χ3v) is 7.82. The van der Waals surface area contributed by atoms with Crippen LogP contribution in [0.25, 0.3) is 11.2 Å². The second-order valence-electron chi connectivity index (χ2n) is 9.07. The van der Waals surface area contributed by atoms with Crippen molar-refractivity contribution >= 4 is 32.6 Å². The molecule has 0 radical (unpaired) electrons. The van der Waals surface area contributed by atoms with E-state index >= 15 is 0 Å². The van der Waals surface area contributed by atoms with Crippen LogP contribution in [0.15, 0.2) is 6.33 Å². The molecule has 190 valence electrons. The highest BCUT2D eigenvalue weighted by Gasteiger charge is 2.70. The third-order valence-electron chi connectivity index (χ3n) is 6.82. The van der Waals surface area contributed by atoms with Crippen molar-refractivity contribution in [2.75, 3.05) is 19.0 Å². The van der Waals surface area contributed by atoms with Crippen molar-refractivity contribution in [1.29, 1.82) is 0 Å². The van der Waals surface area contributed by atoms with Gasteiger partial charge in [-0.2, -0.15) is 0 Å². The number of hydrogen-bond donors (Lipinski definition) is 5. The van der Waals surface area contributed by atoms with E-state index in [0.29, 0.717) is 35.6 Å². The van der Waals surface area contributed by atoms with Crippen LogP contribution in [0.5, 0.6) is 0 Å². The van der Waals surface area contributed by atoms with E-state index in [0.717, 1.165) is 25.7 Å². The molecule has 4 rings (SSSR count). The van der Waals surface area contributed by atoms with Crippen LogP contribution in [0.3, 0.4) is 0 Å². The topological polar surface area (TPSA) is 189 Å². The highest BCUT2D eigenvalue weighted by atomic mass is 31.2. The Morgan fingerprint density at radius 1 is 1.18 bits per heavy atom. The maximum atomic E-state index is 11.6. The molecule has 0 bridgehead atoms. The van der Waals surface area contributed by atoms with Crippen LogP contribution in [0.2, 0.25) is 0 Å². The third kappa shape index (κ3) is 5.37. The van der Waals surface area contributed by atoms with Gasteiger partial charge in [0.25, 0.3) is 0 Å². The number of hydrogen-bond acceptors (Lipinski definition) is 8. The molecule has 2 saturated carbocycles. The molecule has 2 heterocycles. The number of aryl methyl sites for hydroxylation is 1. The molecular formula is C19H31N5O8P2. The Morgan fingerprint density at radius 2 is 1.94 bits per heavy atom. The zero-order valence-corrected chi connectivity index (χ0v) is 20.9. The van der Waals surface area contributed by atoms with Crippen molar-refractivity contribution in [2.45, 2.75) is 64.0 Å². The molecule has 2 fully saturated rings. The van der Waals surface area contributed by atoms with E-state index in [-0.39, 0.29) is 25.0 Å². The van der Waals surface area contributed by atoms with Gasteiger partial charge in [-0.05, 0) is 25.2 Å². The summed E-state index contributed by atoms with van der Waals surface area (Å²) in [6.45, 7) is 1.78. The van der Waals surface area contributed by atoms with E-state index < -0.39 is 27.2 Å². The number of rotatable bonds is 12. The summed E-state index contributed by atoms with van der Waals surface area (Å²) in [5, 5.41) is 3.06. The van der Waals surface area contributed by atoms with Gasteiger partial charge in [-0.3, -0.25) is 9.05 Å². The molecule has 4 atom stereocenters. The minimum absolute atomic E-state index is 0.172. The van der Waals surface area contributed by atoms with Gasteiger partial charge < -0.3 is 29.5 Å². The first-order chi connectivity index (χ1) is 16.0. The quantitative estimate of drug-likeness (QED) is 0.204. The van der Waals surface area contributed by atoms with Crippen LogP contribution in [0.1, 0.15) is 57.3 Å². The van der Waals surface area contributed by atoms with E-state index in [1.54, 1.807) is 13.4 Å². The Labute approximate surface area is 196 Å². The fourth-order valence-corrected chi connectivity index (χ4v) is 6.18. The predicted molar refractivity (Wildman–Crippen MR) is 122 cm³/mol. The van der Waals surface area contributed by atoms with Crippen LogP contribution >= 0.6 is 15.6 Å². The summed E-state index contributed by atoms with van der Waals surface area (Å²) in [6, 6.07) is -0.283. The lowest BCUT2D eigenvalue weighted by molar-refractivity contribution is 0.0499. The Kier molecular flexibility index (Phi) is 7.21. The summed E-state index contributed by atoms with van der Waals surface area (Å²) in [4.78, 5) is 51.0. The fraction of sp³-hybridized carbons (Fsp3) is 0.737. The molecule has 2 aromatic heterocycles. The van der Waals surface area contributed by atoms with E-state index in [4.69, 9.17) is 23.8 Å². The molecule has 0 aliphatic heterocycles. The van der Waals surface area contributed by atoms with Crippen LogP contribution < -0.4 is 5.32 Å². The maximum absolute atomic E-state index is 11.6. The standard InChI is InChI=1S/C19H31N5O8P2/c1-3-4-5-6-7-15-22-17(20-2)16-18(23-15)24(11-21-16)13-8-14(32-34(28,29)30)19(9-12(13)19)10-31-33(25,26)27/h11-14H,3-10H2,1-2H3,(H,20,22,23)(H2,25,26,27)(H2,28,29,30)/t12-,13+,14+,19-/m1/s1. The highest BCUT2D eigenvalue weighted by Crippen LogP contribution is 2.71. The zero-order chi connectivity index (χ0) is 24.7. The van der Waals surface area contributed by atoms with E-state index in [9.17, 15) is 18.9 Å². The second-order valence-corrected chi connectivity index (χ2v) is 11.5. The van der Waals surface area contributed by atoms with Crippen LogP contribution in [0.4, 0.5) is 5.82 Å². The summed E-state index contributed by atoms with van der Waals surface area (Å²) in [5.74, 6) is 1.11. The SMILES string of the molecule is CCCCCCc1nc(NC)c2ncn([C@H]3C[C@H](OP(=O)(O)O)[C@@]4(COP(=O)(O)O)C[C@H]34)c2n1. The number of imidazole rings is 1. The van der Waals surface area contributed by atoms with Gasteiger partial charge in [0, 0.05) is 24.9 Å². The van der Waals surface area contributed by atoms with Crippen molar-refractivity contribution in [3.05, 3.63) is 12.2 Å². The van der Waals surface area contributed by atoms with Crippen LogP contribution in [-0.4, -0.2) is 58.9 Å². The monoisotopic (exact) mass is 519 g/mol. The van der Waals surface area contributed by atoms with Gasteiger partial charge >= 0.3 is 15.6 Å². The lowest BCUT2D eigenvalue weighted by Crippen LogP contribution is -2.26. The summed E-state index contributed by atoms with van der Waals surface area (Å²) >= 11 is 0. The number of anilines is 1. The van der Waals surface area contributed by atoms with Gasteiger partial charge in [0.2, 0.25) is 0 Å². The van der Waals surface area contributed by atoms with Crippen molar-refractivity contribution < 1.29 is 37.8 Å². The average molecular weight is 519 g/mol. The number of nitrogens with one attached hydrogen (secondary N) is 1. The van der Waals surface area contributed by atoms with Crippen molar-refractivity contribution in [3.63, 3.8) is 0 Å². The Bertz CT molecular complexity index is 1130. The van der Waals surface area contributed by atoms with Gasteiger partial charge in [-0.15, -0.1) is 0 Å². The fourth-order valence-electron chi connectivity index (χ4n) is 5.14. The molecule has 0 aromatic carbocycles. The lowest BCUT2D eigenvalue weighted by Gasteiger charge is -2.24. The summed E-state index contributed by atoms with van der Waals surface area (Å²) < 4.78 is 34.6. The molecule has 2 aliphatic carbocycles.